The Hall–Kier alpha value is -2.56. The van der Waals surface area contributed by atoms with E-state index in [1.165, 1.54) is 5.56 Å². The second-order valence-corrected chi connectivity index (χ2v) is 4.70. The van der Waals surface area contributed by atoms with Crippen molar-refractivity contribution in [1.82, 2.24) is 14.6 Å². The van der Waals surface area contributed by atoms with Crippen molar-refractivity contribution in [3.63, 3.8) is 0 Å². The summed E-state index contributed by atoms with van der Waals surface area (Å²) >= 11 is 0. The van der Waals surface area contributed by atoms with Crippen molar-refractivity contribution in [2.75, 3.05) is 12.3 Å². The maximum atomic E-state index is 5.72. The van der Waals surface area contributed by atoms with Gasteiger partial charge in [0.15, 0.2) is 11.5 Å². The zero-order chi connectivity index (χ0) is 13.9. The molecule has 1 aromatic carbocycles. The number of nitrogen functional groups attached to an aromatic ring is 1. The van der Waals surface area contributed by atoms with Crippen molar-refractivity contribution in [2.45, 2.75) is 13.3 Å². The quantitative estimate of drug-likeness (QED) is 0.788. The lowest BCUT2D eigenvalue weighted by atomic mass is 10.2. The molecule has 0 atom stereocenters. The highest BCUT2D eigenvalue weighted by atomic mass is 16.5. The van der Waals surface area contributed by atoms with Gasteiger partial charge in [-0.05, 0) is 25.1 Å². The molecule has 0 saturated carbocycles. The number of anilines is 1. The van der Waals surface area contributed by atoms with Crippen LogP contribution in [0.2, 0.25) is 0 Å². The Balaban J connectivity index is 1.63. The van der Waals surface area contributed by atoms with Crippen molar-refractivity contribution in [2.24, 2.45) is 0 Å². The van der Waals surface area contributed by atoms with Crippen molar-refractivity contribution in [3.8, 4) is 5.75 Å². The molecular formula is C15H16N4O. The number of nitrogens with zero attached hydrogens (tertiary/aromatic N) is 3. The number of nitrogens with two attached hydrogens (primary N) is 1. The molecule has 0 aliphatic carbocycles. The van der Waals surface area contributed by atoms with Gasteiger partial charge >= 0.3 is 0 Å². The highest BCUT2D eigenvalue weighted by Gasteiger charge is 2.04. The van der Waals surface area contributed by atoms with Gasteiger partial charge in [0.1, 0.15) is 5.75 Å². The van der Waals surface area contributed by atoms with Gasteiger partial charge in [-0.15, -0.1) is 0 Å². The van der Waals surface area contributed by atoms with E-state index in [9.17, 15) is 0 Å². The van der Waals surface area contributed by atoms with Crippen LogP contribution in [0.1, 0.15) is 11.4 Å². The molecule has 0 aliphatic heterocycles. The van der Waals surface area contributed by atoms with Gasteiger partial charge < -0.3 is 10.5 Å². The van der Waals surface area contributed by atoms with Gasteiger partial charge in [0.2, 0.25) is 0 Å². The summed E-state index contributed by atoms with van der Waals surface area (Å²) in [7, 11) is 0. The molecule has 0 amide bonds. The fraction of sp³-hybridized carbons (Fsp3) is 0.200. The fourth-order valence-electron chi connectivity index (χ4n) is 1.94. The molecule has 2 N–H and O–H groups in total. The highest BCUT2D eigenvalue weighted by Crippen LogP contribution is 2.12. The number of benzene rings is 1. The van der Waals surface area contributed by atoms with Crippen LogP contribution in [0.3, 0.4) is 0 Å². The molecule has 3 aromatic rings. The third-order valence-corrected chi connectivity index (χ3v) is 3.02. The molecular weight excluding hydrogens is 252 g/mol. The first-order valence-corrected chi connectivity index (χ1v) is 6.51. The summed E-state index contributed by atoms with van der Waals surface area (Å²) in [5.74, 6) is 1.62. The van der Waals surface area contributed by atoms with Crippen LogP contribution in [0.4, 0.5) is 5.69 Å². The van der Waals surface area contributed by atoms with E-state index in [-0.39, 0.29) is 0 Å². The van der Waals surface area contributed by atoms with E-state index in [2.05, 4.69) is 17.0 Å². The van der Waals surface area contributed by atoms with Crippen LogP contribution in [0.5, 0.6) is 5.75 Å². The number of ether oxygens (including phenoxy) is 1. The lowest BCUT2D eigenvalue weighted by molar-refractivity contribution is 0.319. The van der Waals surface area contributed by atoms with Crippen LogP contribution in [0.15, 0.2) is 42.6 Å². The highest BCUT2D eigenvalue weighted by molar-refractivity contribution is 5.50. The minimum atomic E-state index is 0.551. The van der Waals surface area contributed by atoms with Gasteiger partial charge in [-0.1, -0.05) is 17.7 Å². The van der Waals surface area contributed by atoms with Gasteiger partial charge in [-0.2, -0.15) is 5.10 Å². The summed E-state index contributed by atoms with van der Waals surface area (Å²) in [6.45, 7) is 2.60. The van der Waals surface area contributed by atoms with Crippen molar-refractivity contribution in [3.05, 3.63) is 54.0 Å². The summed E-state index contributed by atoms with van der Waals surface area (Å²) in [6.07, 6.45) is 2.47. The zero-order valence-electron chi connectivity index (χ0n) is 11.3. The number of aromatic nitrogens is 3. The molecule has 0 radical (unpaired) electrons. The Bertz CT molecular complexity index is 718. The summed E-state index contributed by atoms with van der Waals surface area (Å²) in [6, 6.07) is 11.6. The number of aryl methyl sites for hydroxylation is 1. The number of rotatable bonds is 4. The number of hydrogen-bond donors (Lipinski definition) is 1. The molecule has 0 aliphatic rings. The van der Waals surface area contributed by atoms with Crippen LogP contribution in [-0.4, -0.2) is 21.2 Å². The minimum absolute atomic E-state index is 0.551. The lowest BCUT2D eigenvalue weighted by Gasteiger charge is -2.04. The number of hydrogen-bond acceptors (Lipinski definition) is 4. The summed E-state index contributed by atoms with van der Waals surface area (Å²) in [5, 5.41) is 4.37. The molecule has 2 aromatic heterocycles. The molecule has 20 heavy (non-hydrogen) atoms. The molecule has 0 unspecified atom stereocenters. The third kappa shape index (κ3) is 2.71. The predicted octanol–water partition coefficient (Wildman–Crippen LogP) is 2.24. The average molecular weight is 268 g/mol. The van der Waals surface area contributed by atoms with Gasteiger partial charge in [0.25, 0.3) is 0 Å². The van der Waals surface area contributed by atoms with Gasteiger partial charge in [-0.25, -0.2) is 9.50 Å². The van der Waals surface area contributed by atoms with E-state index in [0.717, 1.165) is 17.2 Å². The molecule has 5 nitrogen and oxygen atoms in total. The first-order valence-electron chi connectivity index (χ1n) is 6.51. The molecule has 0 bridgehead atoms. The standard InChI is InChI=1S/C15H16N4O/c1-11-2-4-13(5-3-11)20-9-7-14-17-15-10-12(16)6-8-19(15)18-14/h2-6,8,10H,7,9,16H2,1H3. The van der Waals surface area contributed by atoms with E-state index in [0.29, 0.717) is 18.7 Å². The molecule has 5 heteroatoms. The summed E-state index contributed by atoms with van der Waals surface area (Å²) in [5.41, 5.74) is 8.38. The maximum Gasteiger partial charge on any atom is 0.157 e. The van der Waals surface area contributed by atoms with E-state index in [1.54, 1.807) is 16.6 Å². The zero-order valence-corrected chi connectivity index (χ0v) is 11.3. The average Bonchev–Trinajstić information content (AvgIpc) is 2.83. The SMILES string of the molecule is Cc1ccc(OCCc2nc3cc(N)ccn3n2)cc1. The topological polar surface area (TPSA) is 65.4 Å². The minimum Gasteiger partial charge on any atom is -0.493 e. The van der Waals surface area contributed by atoms with E-state index in [4.69, 9.17) is 10.5 Å². The largest absolute Gasteiger partial charge is 0.493 e. The normalized spacial score (nSPS) is 10.8. The smallest absolute Gasteiger partial charge is 0.157 e. The maximum absolute atomic E-state index is 5.72. The van der Waals surface area contributed by atoms with Crippen molar-refractivity contribution < 1.29 is 4.74 Å². The fourth-order valence-corrected chi connectivity index (χ4v) is 1.94. The lowest BCUT2D eigenvalue weighted by Crippen LogP contribution is -2.03. The molecule has 0 saturated heterocycles. The van der Waals surface area contributed by atoms with Crippen LogP contribution in [-0.2, 0) is 6.42 Å². The van der Waals surface area contributed by atoms with Gasteiger partial charge in [0, 0.05) is 24.4 Å². The Labute approximate surface area is 117 Å². The second-order valence-electron chi connectivity index (χ2n) is 4.70. The predicted molar refractivity (Wildman–Crippen MR) is 77.8 cm³/mol. The monoisotopic (exact) mass is 268 g/mol. The molecule has 2 heterocycles. The molecule has 0 fully saturated rings. The molecule has 0 spiro atoms. The van der Waals surface area contributed by atoms with Crippen LogP contribution in [0.25, 0.3) is 5.65 Å². The van der Waals surface area contributed by atoms with Gasteiger partial charge in [-0.3, -0.25) is 0 Å². The molecule has 102 valence electrons. The van der Waals surface area contributed by atoms with E-state index in [1.807, 2.05) is 30.5 Å². The van der Waals surface area contributed by atoms with Crippen molar-refractivity contribution in [1.29, 1.82) is 0 Å². The van der Waals surface area contributed by atoms with Crippen LogP contribution in [0, 0.1) is 6.92 Å². The van der Waals surface area contributed by atoms with E-state index >= 15 is 0 Å². The van der Waals surface area contributed by atoms with E-state index < -0.39 is 0 Å². The Kier molecular flexibility index (Phi) is 3.25. The first kappa shape index (κ1) is 12.5. The Morgan fingerprint density at radius 3 is 2.80 bits per heavy atom. The first-order chi connectivity index (χ1) is 9.70. The summed E-state index contributed by atoms with van der Waals surface area (Å²) < 4.78 is 7.39. The van der Waals surface area contributed by atoms with Crippen LogP contribution < -0.4 is 10.5 Å². The summed E-state index contributed by atoms with van der Waals surface area (Å²) in [4.78, 5) is 4.41. The Morgan fingerprint density at radius 2 is 2.00 bits per heavy atom. The van der Waals surface area contributed by atoms with Crippen molar-refractivity contribution >= 4 is 11.3 Å². The second kappa shape index (κ2) is 5.21. The van der Waals surface area contributed by atoms with Gasteiger partial charge in [0.05, 0.1) is 6.61 Å². The number of pyridine rings is 1. The number of fused-ring (bicyclic) bond motifs is 1. The van der Waals surface area contributed by atoms with Crippen LogP contribution >= 0.6 is 0 Å². The third-order valence-electron chi connectivity index (χ3n) is 3.02. The molecule has 3 rings (SSSR count). The Morgan fingerprint density at radius 1 is 1.20 bits per heavy atom.